The van der Waals surface area contributed by atoms with E-state index < -0.39 is 15.9 Å². The highest BCUT2D eigenvalue weighted by molar-refractivity contribution is 7.92. The summed E-state index contributed by atoms with van der Waals surface area (Å²) in [6.45, 7) is 5.08. The Hall–Kier alpha value is -2.87. The molecule has 0 aliphatic carbocycles. The van der Waals surface area contributed by atoms with Gasteiger partial charge in [0.05, 0.1) is 10.6 Å². The number of sulfonamides is 1. The number of nitrogens with one attached hydrogen (secondary N) is 1. The number of amides is 1. The second-order valence-corrected chi connectivity index (χ2v) is 11.2. The van der Waals surface area contributed by atoms with Gasteiger partial charge in [-0.2, -0.15) is 0 Å². The highest BCUT2D eigenvalue weighted by Crippen LogP contribution is 2.26. The number of carbonyl (C=O) groups excluding carboxylic acids is 1. The third-order valence-electron chi connectivity index (χ3n) is 6.11. The Labute approximate surface area is 212 Å². The molecule has 3 aromatic rings. The van der Waals surface area contributed by atoms with Gasteiger partial charge in [-0.1, -0.05) is 59.6 Å². The molecule has 1 aliphatic rings. The minimum atomic E-state index is -3.97. The molecule has 0 spiro atoms. The van der Waals surface area contributed by atoms with Crippen LogP contribution in [0, 0.1) is 6.92 Å². The molecule has 184 valence electrons. The molecule has 1 heterocycles. The zero-order valence-corrected chi connectivity index (χ0v) is 21.4. The third kappa shape index (κ3) is 6.63. The van der Waals surface area contributed by atoms with Gasteiger partial charge in [0.15, 0.2) is 0 Å². The Morgan fingerprint density at radius 1 is 0.971 bits per heavy atom. The SMILES string of the molecule is Cc1ccc(S(=O)(=O)N(CC(=O)NCc2ccc(CN3CCCC3)cc2)c2cccc(Cl)c2)cc1. The van der Waals surface area contributed by atoms with Crippen molar-refractivity contribution in [1.82, 2.24) is 10.2 Å². The van der Waals surface area contributed by atoms with E-state index in [-0.39, 0.29) is 11.4 Å². The van der Waals surface area contributed by atoms with Crippen molar-refractivity contribution in [1.29, 1.82) is 0 Å². The topological polar surface area (TPSA) is 69.7 Å². The first-order valence-electron chi connectivity index (χ1n) is 11.7. The number of nitrogens with zero attached hydrogens (tertiary/aromatic N) is 2. The van der Waals surface area contributed by atoms with Gasteiger partial charge in [0, 0.05) is 18.1 Å². The minimum absolute atomic E-state index is 0.115. The van der Waals surface area contributed by atoms with E-state index in [1.54, 1.807) is 48.5 Å². The quantitative estimate of drug-likeness (QED) is 0.450. The van der Waals surface area contributed by atoms with E-state index >= 15 is 0 Å². The fourth-order valence-electron chi connectivity index (χ4n) is 4.13. The Bertz CT molecular complexity index is 1260. The lowest BCUT2D eigenvalue weighted by Crippen LogP contribution is -2.40. The van der Waals surface area contributed by atoms with E-state index in [0.29, 0.717) is 17.3 Å². The number of carbonyl (C=O) groups is 1. The number of rotatable bonds is 9. The average Bonchev–Trinajstić information content (AvgIpc) is 3.35. The van der Waals surface area contributed by atoms with E-state index in [9.17, 15) is 13.2 Å². The molecule has 6 nitrogen and oxygen atoms in total. The van der Waals surface area contributed by atoms with Crippen LogP contribution in [0.25, 0.3) is 0 Å². The van der Waals surface area contributed by atoms with Gasteiger partial charge in [-0.05, 0) is 74.3 Å². The Morgan fingerprint density at radius 2 is 1.63 bits per heavy atom. The third-order valence-corrected chi connectivity index (χ3v) is 8.13. The van der Waals surface area contributed by atoms with Gasteiger partial charge in [0.1, 0.15) is 6.54 Å². The molecule has 0 unspecified atom stereocenters. The molecule has 0 bridgehead atoms. The zero-order valence-electron chi connectivity index (χ0n) is 19.8. The molecule has 1 fully saturated rings. The first-order valence-corrected chi connectivity index (χ1v) is 13.5. The summed E-state index contributed by atoms with van der Waals surface area (Å²) >= 11 is 6.12. The van der Waals surface area contributed by atoms with Crippen LogP contribution in [0.15, 0.2) is 77.7 Å². The van der Waals surface area contributed by atoms with Crippen molar-refractivity contribution in [3.8, 4) is 0 Å². The summed E-state index contributed by atoms with van der Waals surface area (Å²) in [4.78, 5) is 15.4. The lowest BCUT2D eigenvalue weighted by Gasteiger charge is -2.24. The fraction of sp³-hybridized carbons (Fsp3) is 0.296. The summed E-state index contributed by atoms with van der Waals surface area (Å²) in [5, 5.41) is 3.24. The summed E-state index contributed by atoms with van der Waals surface area (Å²) in [7, 11) is -3.97. The maximum Gasteiger partial charge on any atom is 0.264 e. The summed E-state index contributed by atoms with van der Waals surface area (Å²) in [6, 6.07) is 21.2. The smallest absolute Gasteiger partial charge is 0.264 e. The van der Waals surface area contributed by atoms with Crippen LogP contribution in [0.5, 0.6) is 0 Å². The first kappa shape index (κ1) is 25.2. The molecule has 35 heavy (non-hydrogen) atoms. The monoisotopic (exact) mass is 511 g/mol. The van der Waals surface area contributed by atoms with E-state index in [1.807, 2.05) is 19.1 Å². The molecule has 0 radical (unpaired) electrons. The second kappa shape index (κ2) is 11.2. The molecule has 3 aromatic carbocycles. The van der Waals surface area contributed by atoms with Crippen molar-refractivity contribution < 1.29 is 13.2 Å². The number of anilines is 1. The highest BCUT2D eigenvalue weighted by Gasteiger charge is 2.27. The summed E-state index contributed by atoms with van der Waals surface area (Å²) in [5.74, 6) is -0.401. The Morgan fingerprint density at radius 3 is 2.29 bits per heavy atom. The van der Waals surface area contributed by atoms with Crippen LogP contribution in [0.3, 0.4) is 0 Å². The fourth-order valence-corrected chi connectivity index (χ4v) is 5.73. The van der Waals surface area contributed by atoms with E-state index in [4.69, 9.17) is 11.6 Å². The molecule has 1 saturated heterocycles. The maximum absolute atomic E-state index is 13.4. The average molecular weight is 512 g/mol. The van der Waals surface area contributed by atoms with Crippen molar-refractivity contribution in [2.75, 3.05) is 23.9 Å². The molecule has 0 aromatic heterocycles. The van der Waals surface area contributed by atoms with Gasteiger partial charge in [0.2, 0.25) is 5.91 Å². The second-order valence-electron chi connectivity index (χ2n) is 8.88. The van der Waals surface area contributed by atoms with Gasteiger partial charge < -0.3 is 5.32 Å². The van der Waals surface area contributed by atoms with Gasteiger partial charge in [0.25, 0.3) is 10.0 Å². The Kier molecular flexibility index (Phi) is 8.11. The zero-order chi connectivity index (χ0) is 24.8. The molecule has 0 saturated carbocycles. The highest BCUT2D eigenvalue weighted by atomic mass is 35.5. The van der Waals surface area contributed by atoms with Crippen LogP contribution < -0.4 is 9.62 Å². The predicted octanol–water partition coefficient (Wildman–Crippen LogP) is 4.76. The van der Waals surface area contributed by atoms with Crippen molar-refractivity contribution in [2.45, 2.75) is 37.8 Å². The van der Waals surface area contributed by atoms with E-state index in [0.717, 1.165) is 35.1 Å². The van der Waals surface area contributed by atoms with Crippen LogP contribution in [-0.4, -0.2) is 38.9 Å². The standard InChI is InChI=1S/C27H30ClN3O3S/c1-21-7-13-26(14-8-21)35(33,34)31(25-6-4-5-24(28)17-25)20-27(32)29-18-22-9-11-23(12-10-22)19-30-15-2-3-16-30/h4-14,17H,2-3,15-16,18-20H2,1H3,(H,29,32). The number of hydrogen-bond donors (Lipinski definition) is 1. The minimum Gasteiger partial charge on any atom is -0.350 e. The van der Waals surface area contributed by atoms with Crippen molar-refractivity contribution in [3.63, 3.8) is 0 Å². The van der Waals surface area contributed by atoms with Gasteiger partial charge in [-0.15, -0.1) is 0 Å². The summed E-state index contributed by atoms with van der Waals surface area (Å²) in [6.07, 6.45) is 2.52. The number of hydrogen-bond acceptors (Lipinski definition) is 4. The van der Waals surface area contributed by atoms with Crippen LogP contribution in [0.1, 0.15) is 29.5 Å². The molecule has 4 rings (SSSR count). The van der Waals surface area contributed by atoms with Gasteiger partial charge >= 0.3 is 0 Å². The summed E-state index contributed by atoms with van der Waals surface area (Å²) in [5.41, 5.74) is 3.49. The molecular weight excluding hydrogens is 482 g/mol. The van der Waals surface area contributed by atoms with Crippen LogP contribution in [-0.2, 0) is 27.9 Å². The number of likely N-dealkylation sites (tertiary alicyclic amines) is 1. The Balaban J connectivity index is 1.45. The van der Waals surface area contributed by atoms with E-state index in [2.05, 4.69) is 22.3 Å². The molecule has 0 atom stereocenters. The van der Waals surface area contributed by atoms with Crippen molar-refractivity contribution >= 4 is 33.2 Å². The number of aryl methyl sites for hydroxylation is 1. The first-order chi connectivity index (χ1) is 16.8. The molecule has 1 aliphatic heterocycles. The van der Waals surface area contributed by atoms with Gasteiger partial charge in [-0.3, -0.25) is 14.0 Å². The molecule has 1 amide bonds. The lowest BCUT2D eigenvalue weighted by atomic mass is 10.1. The normalized spacial score (nSPS) is 14.1. The molecule has 1 N–H and O–H groups in total. The van der Waals surface area contributed by atoms with Crippen molar-refractivity contribution in [3.05, 3.63) is 94.5 Å². The van der Waals surface area contributed by atoms with Crippen LogP contribution >= 0.6 is 11.6 Å². The van der Waals surface area contributed by atoms with Crippen molar-refractivity contribution in [2.24, 2.45) is 0 Å². The summed E-state index contributed by atoms with van der Waals surface area (Å²) < 4.78 is 28.0. The van der Waals surface area contributed by atoms with Gasteiger partial charge in [-0.25, -0.2) is 8.42 Å². The molecular formula is C27H30ClN3O3S. The van der Waals surface area contributed by atoms with E-state index in [1.165, 1.54) is 18.4 Å². The predicted molar refractivity (Wildman–Crippen MR) is 140 cm³/mol. The van der Waals surface area contributed by atoms with Crippen LogP contribution in [0.2, 0.25) is 5.02 Å². The lowest BCUT2D eigenvalue weighted by molar-refractivity contribution is -0.119. The largest absolute Gasteiger partial charge is 0.350 e. The number of halogens is 1. The molecule has 8 heteroatoms. The van der Waals surface area contributed by atoms with Crippen LogP contribution in [0.4, 0.5) is 5.69 Å². The maximum atomic E-state index is 13.4. The number of benzene rings is 3.